The maximum absolute atomic E-state index is 12.9. The average Bonchev–Trinajstić information content (AvgIpc) is 2.84. The van der Waals surface area contributed by atoms with Crippen molar-refractivity contribution in [3.05, 3.63) is 71.8 Å². The number of ether oxygens (including phenoxy) is 4. The lowest BCUT2D eigenvalue weighted by Gasteiger charge is -2.30. The second kappa shape index (κ2) is 9.73. The highest BCUT2D eigenvalue weighted by Crippen LogP contribution is 2.28. The van der Waals surface area contributed by atoms with Gasteiger partial charge in [-0.1, -0.05) is 24.3 Å². The predicted molar refractivity (Wildman–Crippen MR) is 120 cm³/mol. The maximum atomic E-state index is 12.9. The van der Waals surface area contributed by atoms with Gasteiger partial charge >= 0.3 is 11.9 Å². The minimum atomic E-state index is -0.491. The van der Waals surface area contributed by atoms with Crippen LogP contribution in [0.3, 0.4) is 0 Å². The molecule has 1 aliphatic rings. The van der Waals surface area contributed by atoms with Crippen LogP contribution < -0.4 is 9.47 Å². The molecule has 4 rings (SSSR count). The summed E-state index contributed by atoms with van der Waals surface area (Å²) in [5, 5.41) is 1.89. The van der Waals surface area contributed by atoms with Gasteiger partial charge in [-0.15, -0.1) is 0 Å². The van der Waals surface area contributed by atoms with Gasteiger partial charge in [0, 0.05) is 0 Å². The summed E-state index contributed by atoms with van der Waals surface area (Å²) in [6, 6.07) is 18.0. The monoisotopic (exact) mass is 434 g/mol. The van der Waals surface area contributed by atoms with Gasteiger partial charge in [0.05, 0.1) is 19.8 Å². The van der Waals surface area contributed by atoms with Gasteiger partial charge in [-0.3, -0.25) is 0 Å². The molecule has 1 aliphatic carbocycles. The first kappa shape index (κ1) is 21.7. The Hall–Kier alpha value is -3.54. The fraction of sp³-hybridized carbons (Fsp3) is 0.308. The first-order valence-electron chi connectivity index (χ1n) is 10.7. The van der Waals surface area contributed by atoms with Crippen LogP contribution in [0.25, 0.3) is 10.8 Å². The smallest absolute Gasteiger partial charge is 0.342 e. The third-order valence-electron chi connectivity index (χ3n) is 5.77. The molecule has 3 aromatic rings. The Morgan fingerprint density at radius 2 is 1.41 bits per heavy atom. The molecule has 0 N–H and O–H groups in total. The Balaban J connectivity index is 1.47. The summed E-state index contributed by atoms with van der Waals surface area (Å²) in [6.07, 6.45) is 2.15. The number of hydrogen-bond acceptors (Lipinski definition) is 6. The SMILES string of the molecule is COc1ccc2cc(C(=O)O[C@@H]3CCCC[C@H]3OC(=O)c3ccccc3OC)ccc2c1. The molecule has 3 aromatic carbocycles. The molecule has 0 aliphatic heterocycles. The topological polar surface area (TPSA) is 71.1 Å². The summed E-state index contributed by atoms with van der Waals surface area (Å²) in [5.41, 5.74) is 0.818. The van der Waals surface area contributed by atoms with Crippen molar-refractivity contribution in [1.29, 1.82) is 0 Å². The molecular weight excluding hydrogens is 408 g/mol. The molecule has 1 saturated carbocycles. The third kappa shape index (κ3) is 4.69. The fourth-order valence-electron chi connectivity index (χ4n) is 4.03. The lowest BCUT2D eigenvalue weighted by molar-refractivity contribution is -0.0515. The van der Waals surface area contributed by atoms with E-state index < -0.39 is 24.1 Å². The number of para-hydroxylation sites is 1. The van der Waals surface area contributed by atoms with Gasteiger partial charge in [-0.25, -0.2) is 9.59 Å². The zero-order valence-electron chi connectivity index (χ0n) is 18.2. The number of hydrogen-bond donors (Lipinski definition) is 0. The summed E-state index contributed by atoms with van der Waals surface area (Å²) in [7, 11) is 3.13. The molecule has 2 atom stereocenters. The van der Waals surface area contributed by atoms with E-state index in [1.165, 1.54) is 7.11 Å². The van der Waals surface area contributed by atoms with Crippen LogP contribution >= 0.6 is 0 Å². The highest BCUT2D eigenvalue weighted by atomic mass is 16.6. The molecule has 166 valence electrons. The van der Waals surface area contributed by atoms with Crippen LogP contribution in [0, 0.1) is 0 Å². The van der Waals surface area contributed by atoms with Crippen LogP contribution in [0.1, 0.15) is 46.4 Å². The predicted octanol–water partition coefficient (Wildman–Crippen LogP) is 5.18. The van der Waals surface area contributed by atoms with Gasteiger partial charge < -0.3 is 18.9 Å². The van der Waals surface area contributed by atoms with Crippen LogP contribution in [-0.2, 0) is 9.47 Å². The van der Waals surface area contributed by atoms with E-state index in [0.717, 1.165) is 29.4 Å². The first-order valence-corrected chi connectivity index (χ1v) is 10.7. The molecule has 0 amide bonds. The normalized spacial score (nSPS) is 18.1. The van der Waals surface area contributed by atoms with E-state index in [-0.39, 0.29) is 0 Å². The van der Waals surface area contributed by atoms with Crippen molar-refractivity contribution in [2.45, 2.75) is 37.9 Å². The summed E-state index contributed by atoms with van der Waals surface area (Å²) in [5.74, 6) is 0.312. The molecular formula is C26H26O6. The van der Waals surface area contributed by atoms with Gasteiger partial charge in [0.2, 0.25) is 0 Å². The third-order valence-corrected chi connectivity index (χ3v) is 5.77. The van der Waals surface area contributed by atoms with Crippen molar-refractivity contribution in [3.63, 3.8) is 0 Å². The Morgan fingerprint density at radius 1 is 0.750 bits per heavy atom. The van der Waals surface area contributed by atoms with Gasteiger partial charge in [0.15, 0.2) is 0 Å². The van der Waals surface area contributed by atoms with E-state index in [2.05, 4.69) is 0 Å². The van der Waals surface area contributed by atoms with E-state index in [1.54, 1.807) is 43.5 Å². The lowest BCUT2D eigenvalue weighted by atomic mass is 9.94. The van der Waals surface area contributed by atoms with Crippen LogP contribution in [0.2, 0.25) is 0 Å². The molecule has 0 aromatic heterocycles. The van der Waals surface area contributed by atoms with E-state index in [1.807, 2.05) is 24.3 Å². The van der Waals surface area contributed by atoms with Crippen molar-refractivity contribution >= 4 is 22.7 Å². The van der Waals surface area contributed by atoms with Crippen LogP contribution in [0.5, 0.6) is 11.5 Å². The van der Waals surface area contributed by atoms with Crippen molar-refractivity contribution in [2.24, 2.45) is 0 Å². The first-order chi connectivity index (χ1) is 15.6. The van der Waals surface area contributed by atoms with Gasteiger partial charge in [-0.05, 0) is 72.9 Å². The number of fused-ring (bicyclic) bond motifs is 1. The summed E-state index contributed by atoms with van der Waals surface area (Å²) >= 11 is 0. The second-order valence-corrected chi connectivity index (χ2v) is 7.80. The molecule has 6 heteroatoms. The maximum Gasteiger partial charge on any atom is 0.342 e. The Morgan fingerprint density at radius 3 is 2.12 bits per heavy atom. The van der Waals surface area contributed by atoms with Gasteiger partial charge in [0.1, 0.15) is 29.3 Å². The Bertz CT molecular complexity index is 1120. The molecule has 32 heavy (non-hydrogen) atoms. The quantitative estimate of drug-likeness (QED) is 0.498. The average molecular weight is 434 g/mol. The molecule has 0 saturated heterocycles. The standard InChI is InChI=1S/C26H26O6/c1-29-20-14-13-17-15-19(12-11-18(17)16-20)25(27)31-23-9-5-6-10-24(23)32-26(28)21-7-3-4-8-22(21)30-2/h3-4,7-8,11-16,23-24H,5-6,9-10H2,1-2H3/t23-,24-/m1/s1. The van der Waals surface area contributed by atoms with E-state index >= 15 is 0 Å². The van der Waals surface area contributed by atoms with Crippen molar-refractivity contribution in [1.82, 2.24) is 0 Å². The zero-order chi connectivity index (χ0) is 22.5. The van der Waals surface area contributed by atoms with Gasteiger partial charge in [-0.2, -0.15) is 0 Å². The molecule has 0 radical (unpaired) electrons. The minimum absolute atomic E-state index is 0.357. The summed E-state index contributed by atoms with van der Waals surface area (Å²) in [4.78, 5) is 25.6. The molecule has 0 unspecified atom stereocenters. The fourth-order valence-corrected chi connectivity index (χ4v) is 4.03. The van der Waals surface area contributed by atoms with Gasteiger partial charge in [0.25, 0.3) is 0 Å². The number of carbonyl (C=O) groups excluding carboxylic acids is 2. The van der Waals surface area contributed by atoms with Crippen molar-refractivity contribution in [2.75, 3.05) is 14.2 Å². The molecule has 0 spiro atoms. The minimum Gasteiger partial charge on any atom is -0.497 e. The van der Waals surface area contributed by atoms with Crippen molar-refractivity contribution in [3.8, 4) is 11.5 Å². The number of benzene rings is 3. The highest BCUT2D eigenvalue weighted by molar-refractivity contribution is 5.96. The van der Waals surface area contributed by atoms with Crippen LogP contribution in [-0.4, -0.2) is 38.4 Å². The number of rotatable bonds is 6. The Labute approximate surface area is 187 Å². The number of methoxy groups -OCH3 is 2. The van der Waals surface area contributed by atoms with E-state index in [4.69, 9.17) is 18.9 Å². The van der Waals surface area contributed by atoms with Crippen LogP contribution in [0.15, 0.2) is 60.7 Å². The number of carbonyl (C=O) groups is 2. The molecule has 0 bridgehead atoms. The van der Waals surface area contributed by atoms with Crippen LogP contribution in [0.4, 0.5) is 0 Å². The zero-order valence-corrected chi connectivity index (χ0v) is 18.2. The lowest BCUT2D eigenvalue weighted by Crippen LogP contribution is -2.38. The highest BCUT2D eigenvalue weighted by Gasteiger charge is 2.32. The van der Waals surface area contributed by atoms with E-state index in [9.17, 15) is 9.59 Å². The van der Waals surface area contributed by atoms with E-state index in [0.29, 0.717) is 29.7 Å². The second-order valence-electron chi connectivity index (χ2n) is 7.80. The molecule has 1 fully saturated rings. The van der Waals surface area contributed by atoms with Crippen molar-refractivity contribution < 1.29 is 28.5 Å². The summed E-state index contributed by atoms with van der Waals surface area (Å²) in [6.45, 7) is 0. The molecule has 0 heterocycles. The summed E-state index contributed by atoms with van der Waals surface area (Å²) < 4.78 is 22.1. The number of esters is 2. The largest absolute Gasteiger partial charge is 0.497 e. The molecule has 6 nitrogen and oxygen atoms in total. The Kier molecular flexibility index (Phi) is 6.59.